The third-order valence-electron chi connectivity index (χ3n) is 2.85. The van der Waals surface area contributed by atoms with Crippen LogP contribution in [-0.2, 0) is 0 Å². The molecule has 0 radical (unpaired) electrons. The van der Waals surface area contributed by atoms with Crippen molar-refractivity contribution in [3.05, 3.63) is 42.0 Å². The number of H-pyrrole nitrogens is 1. The normalized spacial score (nSPS) is 14.3. The first kappa shape index (κ1) is 12.4. The van der Waals surface area contributed by atoms with Crippen LogP contribution < -0.4 is 5.32 Å². The van der Waals surface area contributed by atoms with Crippen molar-refractivity contribution >= 4 is 0 Å². The molecule has 0 saturated heterocycles. The van der Waals surface area contributed by atoms with Crippen molar-refractivity contribution in [2.75, 3.05) is 0 Å². The highest BCUT2D eigenvalue weighted by Gasteiger charge is 2.13. The number of phenols is 2. The SMILES string of the molecule is CC(NC(C)c1ncc[nH]1)c1cc(O)cc(O)c1. The van der Waals surface area contributed by atoms with Crippen molar-refractivity contribution in [2.24, 2.45) is 0 Å². The van der Waals surface area contributed by atoms with E-state index in [2.05, 4.69) is 15.3 Å². The molecule has 0 amide bonds. The molecule has 1 heterocycles. The van der Waals surface area contributed by atoms with Crippen LogP contribution in [0.25, 0.3) is 0 Å². The maximum atomic E-state index is 9.45. The van der Waals surface area contributed by atoms with Crippen LogP contribution in [0.2, 0.25) is 0 Å². The van der Waals surface area contributed by atoms with Gasteiger partial charge in [0, 0.05) is 24.5 Å². The number of phenolic OH excluding ortho intramolecular Hbond substituents is 2. The maximum Gasteiger partial charge on any atom is 0.122 e. The van der Waals surface area contributed by atoms with Crippen molar-refractivity contribution < 1.29 is 10.2 Å². The number of aromatic amines is 1. The number of nitrogens with one attached hydrogen (secondary N) is 2. The number of aromatic hydroxyl groups is 2. The van der Waals surface area contributed by atoms with Gasteiger partial charge in [-0.25, -0.2) is 4.98 Å². The second-order valence-electron chi connectivity index (χ2n) is 4.37. The maximum absolute atomic E-state index is 9.45. The van der Waals surface area contributed by atoms with Gasteiger partial charge in [0.15, 0.2) is 0 Å². The van der Waals surface area contributed by atoms with Gasteiger partial charge in [0.05, 0.1) is 6.04 Å². The smallest absolute Gasteiger partial charge is 0.122 e. The fraction of sp³-hybridized carbons (Fsp3) is 0.308. The highest BCUT2D eigenvalue weighted by atomic mass is 16.3. The molecule has 1 aromatic carbocycles. The average molecular weight is 247 g/mol. The van der Waals surface area contributed by atoms with E-state index < -0.39 is 0 Å². The molecule has 2 atom stereocenters. The molecule has 0 fully saturated rings. The van der Waals surface area contributed by atoms with Crippen molar-refractivity contribution in [1.82, 2.24) is 15.3 Å². The van der Waals surface area contributed by atoms with Crippen LogP contribution in [0.3, 0.4) is 0 Å². The molecular weight excluding hydrogens is 230 g/mol. The minimum absolute atomic E-state index is 0.0110. The van der Waals surface area contributed by atoms with Crippen LogP contribution >= 0.6 is 0 Å². The van der Waals surface area contributed by atoms with Crippen LogP contribution in [0.15, 0.2) is 30.6 Å². The Hall–Kier alpha value is -2.01. The third-order valence-corrected chi connectivity index (χ3v) is 2.85. The van der Waals surface area contributed by atoms with Gasteiger partial charge in [0.2, 0.25) is 0 Å². The summed E-state index contributed by atoms with van der Waals surface area (Å²) in [5, 5.41) is 22.2. The van der Waals surface area contributed by atoms with Gasteiger partial charge in [0.25, 0.3) is 0 Å². The van der Waals surface area contributed by atoms with Gasteiger partial charge < -0.3 is 20.5 Å². The molecule has 4 N–H and O–H groups in total. The molecule has 0 aliphatic rings. The molecule has 5 heteroatoms. The topological polar surface area (TPSA) is 81.2 Å². The van der Waals surface area contributed by atoms with Gasteiger partial charge in [-0.3, -0.25) is 0 Å². The number of aromatic nitrogens is 2. The zero-order valence-electron chi connectivity index (χ0n) is 10.4. The molecule has 0 bridgehead atoms. The summed E-state index contributed by atoms with van der Waals surface area (Å²) in [4.78, 5) is 7.23. The molecule has 1 aromatic heterocycles. The molecule has 0 spiro atoms. The van der Waals surface area contributed by atoms with E-state index in [0.717, 1.165) is 11.4 Å². The Kier molecular flexibility index (Phi) is 3.53. The fourth-order valence-electron chi connectivity index (χ4n) is 1.93. The first-order valence-corrected chi connectivity index (χ1v) is 5.84. The third kappa shape index (κ3) is 2.81. The lowest BCUT2D eigenvalue weighted by molar-refractivity contribution is 0.440. The molecule has 0 saturated carbocycles. The zero-order chi connectivity index (χ0) is 13.1. The predicted octanol–water partition coefficient (Wildman–Crippen LogP) is 2.23. The number of imidazole rings is 1. The predicted molar refractivity (Wildman–Crippen MR) is 68.3 cm³/mol. The molecule has 0 aliphatic carbocycles. The number of hydrogen-bond donors (Lipinski definition) is 4. The molecule has 2 rings (SSSR count). The summed E-state index contributed by atoms with van der Waals surface area (Å²) < 4.78 is 0. The van der Waals surface area contributed by atoms with Gasteiger partial charge in [-0.05, 0) is 31.5 Å². The van der Waals surface area contributed by atoms with Crippen LogP contribution in [0.5, 0.6) is 11.5 Å². The summed E-state index contributed by atoms with van der Waals surface area (Å²) in [6.45, 7) is 3.96. The number of rotatable bonds is 4. The Labute approximate surface area is 106 Å². The lowest BCUT2D eigenvalue weighted by Crippen LogP contribution is -2.23. The van der Waals surface area contributed by atoms with Crippen molar-refractivity contribution in [3.63, 3.8) is 0 Å². The zero-order valence-corrected chi connectivity index (χ0v) is 10.4. The summed E-state index contributed by atoms with van der Waals surface area (Å²) in [6.07, 6.45) is 3.48. The Morgan fingerprint density at radius 1 is 1.11 bits per heavy atom. The second-order valence-corrected chi connectivity index (χ2v) is 4.37. The minimum atomic E-state index is -0.0110. The van der Waals surface area contributed by atoms with Crippen LogP contribution in [0, 0.1) is 0 Å². The van der Waals surface area contributed by atoms with Crippen LogP contribution in [-0.4, -0.2) is 20.2 Å². The van der Waals surface area contributed by atoms with Gasteiger partial charge in [-0.15, -0.1) is 0 Å². The summed E-state index contributed by atoms with van der Waals surface area (Å²) in [5.41, 5.74) is 0.825. The monoisotopic (exact) mass is 247 g/mol. The van der Waals surface area contributed by atoms with Gasteiger partial charge in [-0.1, -0.05) is 0 Å². The molecule has 2 unspecified atom stereocenters. The summed E-state index contributed by atoms with van der Waals surface area (Å²) in [7, 11) is 0. The van der Waals surface area contributed by atoms with E-state index >= 15 is 0 Å². The Morgan fingerprint density at radius 2 is 1.78 bits per heavy atom. The summed E-state index contributed by atoms with van der Waals surface area (Å²) in [5.74, 6) is 0.972. The molecular formula is C13H17N3O2. The quantitative estimate of drug-likeness (QED) is 0.668. The Balaban J connectivity index is 2.09. The van der Waals surface area contributed by atoms with E-state index in [1.807, 2.05) is 13.8 Å². The number of nitrogens with zero attached hydrogens (tertiary/aromatic N) is 1. The van der Waals surface area contributed by atoms with E-state index in [4.69, 9.17) is 0 Å². The van der Waals surface area contributed by atoms with E-state index in [-0.39, 0.29) is 23.6 Å². The van der Waals surface area contributed by atoms with Crippen LogP contribution in [0.4, 0.5) is 0 Å². The van der Waals surface area contributed by atoms with Crippen LogP contribution in [0.1, 0.15) is 37.3 Å². The lowest BCUT2D eigenvalue weighted by atomic mass is 10.1. The summed E-state index contributed by atoms with van der Waals surface area (Å²) >= 11 is 0. The molecule has 18 heavy (non-hydrogen) atoms. The second kappa shape index (κ2) is 5.10. The van der Waals surface area contributed by atoms with E-state index in [1.165, 1.54) is 6.07 Å². The standard InChI is InChI=1S/C13H17N3O2/c1-8(10-5-11(17)7-12(18)6-10)16-9(2)13-14-3-4-15-13/h3-9,16-18H,1-2H3,(H,14,15). The van der Waals surface area contributed by atoms with E-state index in [1.54, 1.807) is 24.5 Å². The minimum Gasteiger partial charge on any atom is -0.508 e. The average Bonchev–Trinajstić information content (AvgIpc) is 2.80. The van der Waals surface area contributed by atoms with Crippen molar-refractivity contribution in [1.29, 1.82) is 0 Å². The highest BCUT2D eigenvalue weighted by Crippen LogP contribution is 2.26. The highest BCUT2D eigenvalue weighted by molar-refractivity contribution is 5.38. The van der Waals surface area contributed by atoms with E-state index in [9.17, 15) is 10.2 Å². The van der Waals surface area contributed by atoms with Gasteiger partial charge in [0.1, 0.15) is 17.3 Å². The molecule has 0 aliphatic heterocycles. The molecule has 5 nitrogen and oxygen atoms in total. The van der Waals surface area contributed by atoms with Gasteiger partial charge in [-0.2, -0.15) is 0 Å². The first-order chi connectivity index (χ1) is 8.56. The van der Waals surface area contributed by atoms with Crippen molar-refractivity contribution in [2.45, 2.75) is 25.9 Å². The number of hydrogen-bond acceptors (Lipinski definition) is 4. The molecule has 2 aromatic rings. The van der Waals surface area contributed by atoms with E-state index in [0.29, 0.717) is 0 Å². The fourth-order valence-corrected chi connectivity index (χ4v) is 1.93. The molecule has 96 valence electrons. The first-order valence-electron chi connectivity index (χ1n) is 5.84. The largest absolute Gasteiger partial charge is 0.508 e. The summed E-state index contributed by atoms with van der Waals surface area (Å²) in [6, 6.07) is 4.62. The number of benzene rings is 1. The van der Waals surface area contributed by atoms with Gasteiger partial charge >= 0.3 is 0 Å². The lowest BCUT2D eigenvalue weighted by Gasteiger charge is -2.19. The Bertz CT molecular complexity index is 491. The Morgan fingerprint density at radius 3 is 2.33 bits per heavy atom. The van der Waals surface area contributed by atoms with Crippen molar-refractivity contribution in [3.8, 4) is 11.5 Å².